The Morgan fingerprint density at radius 3 is 2.77 bits per heavy atom. The number of primary amides is 1. The van der Waals surface area contributed by atoms with Crippen molar-refractivity contribution >= 4 is 17.4 Å². The number of rotatable bonds is 3. The Bertz CT molecular complexity index is 269. The van der Waals surface area contributed by atoms with Gasteiger partial charge in [0.2, 0.25) is 0 Å². The molecule has 1 heterocycles. The summed E-state index contributed by atoms with van der Waals surface area (Å²) in [4.78, 5) is 13.8. The number of nitrogens with two attached hydrogens (primary N) is 1. The molecule has 0 saturated heterocycles. The van der Waals surface area contributed by atoms with Crippen molar-refractivity contribution in [2.45, 2.75) is 26.4 Å². The van der Waals surface area contributed by atoms with Crippen LogP contribution < -0.4 is 5.73 Å². The maximum atomic E-state index is 11.0. The van der Waals surface area contributed by atoms with E-state index >= 15 is 0 Å². The van der Waals surface area contributed by atoms with Crippen LogP contribution in [0.2, 0.25) is 0 Å². The Balaban J connectivity index is 2.63. The Morgan fingerprint density at radius 2 is 2.38 bits per heavy atom. The maximum Gasteiger partial charge on any atom is 0.315 e. The summed E-state index contributed by atoms with van der Waals surface area (Å²) in [6.07, 6.45) is 0. The van der Waals surface area contributed by atoms with E-state index in [4.69, 9.17) is 5.73 Å². The number of amides is 2. The summed E-state index contributed by atoms with van der Waals surface area (Å²) < 4.78 is 0. The monoisotopic (exact) mass is 198 g/mol. The second kappa shape index (κ2) is 4.28. The SMILES string of the molecule is CC(C)N(Cc1cccs1)C(N)=O. The number of carbonyl (C=O) groups excluding carboxylic acids is 1. The molecule has 2 amide bonds. The fourth-order valence-electron chi connectivity index (χ4n) is 1.09. The average Bonchev–Trinajstić information content (AvgIpc) is 2.50. The molecule has 1 rings (SSSR count). The van der Waals surface area contributed by atoms with Crippen LogP contribution in [0.25, 0.3) is 0 Å². The van der Waals surface area contributed by atoms with Crippen LogP contribution >= 0.6 is 11.3 Å². The number of urea groups is 1. The highest BCUT2D eigenvalue weighted by molar-refractivity contribution is 7.09. The summed E-state index contributed by atoms with van der Waals surface area (Å²) in [5.41, 5.74) is 5.25. The van der Waals surface area contributed by atoms with E-state index in [2.05, 4.69) is 0 Å². The molecule has 0 bridgehead atoms. The summed E-state index contributed by atoms with van der Waals surface area (Å²) in [5.74, 6) is 0. The molecule has 13 heavy (non-hydrogen) atoms. The fourth-order valence-corrected chi connectivity index (χ4v) is 1.79. The summed E-state index contributed by atoms with van der Waals surface area (Å²) >= 11 is 1.64. The summed E-state index contributed by atoms with van der Waals surface area (Å²) in [6, 6.07) is 3.77. The molecule has 1 aromatic heterocycles. The van der Waals surface area contributed by atoms with Gasteiger partial charge in [-0.3, -0.25) is 0 Å². The first-order valence-corrected chi connectivity index (χ1v) is 5.07. The molecule has 0 aromatic carbocycles. The molecular formula is C9H14N2OS. The van der Waals surface area contributed by atoms with Gasteiger partial charge in [-0.1, -0.05) is 6.07 Å². The molecular weight excluding hydrogens is 184 g/mol. The predicted octanol–water partition coefficient (Wildman–Crippen LogP) is 2.04. The van der Waals surface area contributed by atoms with Gasteiger partial charge in [0, 0.05) is 10.9 Å². The van der Waals surface area contributed by atoms with Gasteiger partial charge in [-0.05, 0) is 25.3 Å². The van der Waals surface area contributed by atoms with Crippen molar-refractivity contribution in [1.82, 2.24) is 4.90 Å². The van der Waals surface area contributed by atoms with E-state index in [-0.39, 0.29) is 12.1 Å². The Kier molecular flexibility index (Phi) is 3.31. The molecule has 0 spiro atoms. The zero-order chi connectivity index (χ0) is 9.84. The minimum absolute atomic E-state index is 0.152. The van der Waals surface area contributed by atoms with Gasteiger partial charge in [-0.15, -0.1) is 11.3 Å². The first kappa shape index (κ1) is 10.1. The van der Waals surface area contributed by atoms with Crippen molar-refractivity contribution in [2.24, 2.45) is 5.73 Å². The van der Waals surface area contributed by atoms with Gasteiger partial charge in [0.25, 0.3) is 0 Å². The lowest BCUT2D eigenvalue weighted by atomic mass is 10.3. The largest absolute Gasteiger partial charge is 0.351 e. The van der Waals surface area contributed by atoms with Crippen molar-refractivity contribution < 1.29 is 4.79 Å². The second-order valence-corrected chi connectivity index (χ2v) is 4.17. The van der Waals surface area contributed by atoms with Crippen LogP contribution in [-0.2, 0) is 6.54 Å². The summed E-state index contributed by atoms with van der Waals surface area (Å²) in [5, 5.41) is 1.99. The van der Waals surface area contributed by atoms with E-state index in [1.165, 1.54) is 0 Å². The molecule has 0 aliphatic rings. The van der Waals surface area contributed by atoms with E-state index in [0.29, 0.717) is 6.54 Å². The predicted molar refractivity (Wildman–Crippen MR) is 54.6 cm³/mol. The second-order valence-electron chi connectivity index (χ2n) is 3.14. The molecule has 4 heteroatoms. The first-order valence-electron chi connectivity index (χ1n) is 4.19. The Morgan fingerprint density at radius 1 is 1.69 bits per heavy atom. The molecule has 0 aliphatic carbocycles. The molecule has 0 atom stereocenters. The Hall–Kier alpha value is -1.03. The minimum Gasteiger partial charge on any atom is -0.351 e. The molecule has 0 aliphatic heterocycles. The lowest BCUT2D eigenvalue weighted by Crippen LogP contribution is -2.39. The van der Waals surface area contributed by atoms with Crippen molar-refractivity contribution in [2.75, 3.05) is 0 Å². The van der Waals surface area contributed by atoms with Crippen LogP contribution in [0.15, 0.2) is 17.5 Å². The number of hydrogen-bond donors (Lipinski definition) is 1. The lowest BCUT2D eigenvalue weighted by molar-refractivity contribution is 0.190. The van der Waals surface area contributed by atoms with Gasteiger partial charge < -0.3 is 10.6 Å². The molecule has 72 valence electrons. The maximum absolute atomic E-state index is 11.0. The van der Waals surface area contributed by atoms with Crippen LogP contribution in [0.4, 0.5) is 4.79 Å². The number of thiophene rings is 1. The van der Waals surface area contributed by atoms with E-state index in [1.807, 2.05) is 31.4 Å². The van der Waals surface area contributed by atoms with Crippen LogP contribution in [-0.4, -0.2) is 17.0 Å². The van der Waals surface area contributed by atoms with Gasteiger partial charge in [0.05, 0.1) is 6.54 Å². The average molecular weight is 198 g/mol. The topological polar surface area (TPSA) is 46.3 Å². The molecule has 0 radical (unpaired) electrons. The minimum atomic E-state index is -0.358. The molecule has 0 saturated carbocycles. The van der Waals surface area contributed by atoms with Crippen molar-refractivity contribution in [3.8, 4) is 0 Å². The van der Waals surface area contributed by atoms with Crippen molar-refractivity contribution in [3.63, 3.8) is 0 Å². The highest BCUT2D eigenvalue weighted by Gasteiger charge is 2.13. The normalized spacial score (nSPS) is 10.4. The smallest absolute Gasteiger partial charge is 0.315 e. The van der Waals surface area contributed by atoms with Crippen LogP contribution in [0.3, 0.4) is 0 Å². The number of nitrogens with zero attached hydrogens (tertiary/aromatic N) is 1. The number of hydrogen-bond acceptors (Lipinski definition) is 2. The standard InChI is InChI=1S/C9H14N2OS/c1-7(2)11(9(10)12)6-8-4-3-5-13-8/h3-5,7H,6H2,1-2H3,(H2,10,12). The van der Waals surface area contributed by atoms with Gasteiger partial charge in [-0.2, -0.15) is 0 Å². The van der Waals surface area contributed by atoms with Gasteiger partial charge >= 0.3 is 6.03 Å². The molecule has 0 fully saturated rings. The Labute approximate surface area is 82.2 Å². The quantitative estimate of drug-likeness (QED) is 0.793. The van der Waals surface area contributed by atoms with Crippen molar-refractivity contribution in [3.05, 3.63) is 22.4 Å². The highest BCUT2D eigenvalue weighted by atomic mass is 32.1. The van der Waals surface area contributed by atoms with E-state index in [1.54, 1.807) is 16.2 Å². The summed E-state index contributed by atoms with van der Waals surface area (Å²) in [6.45, 7) is 4.53. The number of carbonyl (C=O) groups is 1. The van der Waals surface area contributed by atoms with Crippen LogP contribution in [0.1, 0.15) is 18.7 Å². The van der Waals surface area contributed by atoms with Crippen LogP contribution in [0.5, 0.6) is 0 Å². The third-order valence-electron chi connectivity index (χ3n) is 1.81. The van der Waals surface area contributed by atoms with Gasteiger partial charge in [0.1, 0.15) is 0 Å². The lowest BCUT2D eigenvalue weighted by Gasteiger charge is -2.23. The molecule has 1 aromatic rings. The van der Waals surface area contributed by atoms with Gasteiger partial charge in [0.15, 0.2) is 0 Å². The molecule has 2 N–H and O–H groups in total. The summed E-state index contributed by atoms with van der Waals surface area (Å²) in [7, 11) is 0. The third-order valence-corrected chi connectivity index (χ3v) is 2.67. The highest BCUT2D eigenvalue weighted by Crippen LogP contribution is 2.13. The van der Waals surface area contributed by atoms with E-state index in [0.717, 1.165) is 4.88 Å². The van der Waals surface area contributed by atoms with E-state index in [9.17, 15) is 4.79 Å². The molecule has 0 unspecified atom stereocenters. The fraction of sp³-hybridized carbons (Fsp3) is 0.444. The first-order chi connectivity index (χ1) is 6.11. The third kappa shape index (κ3) is 2.73. The zero-order valence-electron chi connectivity index (χ0n) is 7.86. The van der Waals surface area contributed by atoms with E-state index < -0.39 is 0 Å². The van der Waals surface area contributed by atoms with Crippen LogP contribution in [0, 0.1) is 0 Å². The van der Waals surface area contributed by atoms with Gasteiger partial charge in [-0.25, -0.2) is 4.79 Å². The molecule has 3 nitrogen and oxygen atoms in total. The zero-order valence-corrected chi connectivity index (χ0v) is 8.67. The van der Waals surface area contributed by atoms with Crippen molar-refractivity contribution in [1.29, 1.82) is 0 Å².